The number of aromatic nitrogens is 1. The number of nitrogens with two attached hydrogens (primary N) is 1. The van der Waals surface area contributed by atoms with Crippen molar-refractivity contribution in [2.24, 2.45) is 11.7 Å². The maximum atomic E-state index is 12.2. The summed E-state index contributed by atoms with van der Waals surface area (Å²) in [5.74, 6) is -0.138. The Morgan fingerprint density at radius 2 is 2.21 bits per heavy atom. The molecule has 4 heteroatoms. The number of pyridine rings is 1. The number of carbonyl (C=O) groups is 1. The third-order valence-electron chi connectivity index (χ3n) is 3.39. The summed E-state index contributed by atoms with van der Waals surface area (Å²) < 4.78 is 0. The standard InChI is InChI=1S/C15H15N3O/c16-12-5-4-10(8-12)15(19)18-14-3-1-2-11-9-17-7-6-13(11)14/h1-7,9-10,12H,8,16H2,(H,18,19). The summed E-state index contributed by atoms with van der Waals surface area (Å²) in [4.78, 5) is 16.3. The van der Waals surface area contributed by atoms with Crippen LogP contribution in [0.25, 0.3) is 10.8 Å². The predicted octanol–water partition coefficient (Wildman–Crippen LogP) is 2.08. The van der Waals surface area contributed by atoms with Gasteiger partial charge in [-0.05, 0) is 18.6 Å². The topological polar surface area (TPSA) is 68.0 Å². The second-order valence-corrected chi connectivity index (χ2v) is 4.78. The van der Waals surface area contributed by atoms with Crippen LogP contribution in [0.2, 0.25) is 0 Å². The van der Waals surface area contributed by atoms with Gasteiger partial charge >= 0.3 is 0 Å². The normalized spacial score (nSPS) is 21.7. The number of rotatable bonds is 2. The van der Waals surface area contributed by atoms with Crippen molar-refractivity contribution in [1.82, 2.24) is 4.98 Å². The number of anilines is 1. The Bertz CT molecular complexity index is 645. The zero-order chi connectivity index (χ0) is 13.2. The van der Waals surface area contributed by atoms with Gasteiger partial charge in [0, 0.05) is 34.9 Å². The quantitative estimate of drug-likeness (QED) is 0.805. The van der Waals surface area contributed by atoms with E-state index in [0.717, 1.165) is 16.5 Å². The van der Waals surface area contributed by atoms with Gasteiger partial charge in [0.2, 0.25) is 5.91 Å². The van der Waals surface area contributed by atoms with Gasteiger partial charge in [-0.15, -0.1) is 0 Å². The molecule has 19 heavy (non-hydrogen) atoms. The van der Waals surface area contributed by atoms with Crippen molar-refractivity contribution in [3.63, 3.8) is 0 Å². The van der Waals surface area contributed by atoms with Gasteiger partial charge in [0.1, 0.15) is 0 Å². The van der Waals surface area contributed by atoms with Crippen LogP contribution in [0.1, 0.15) is 6.42 Å². The molecule has 96 valence electrons. The molecule has 1 heterocycles. The van der Waals surface area contributed by atoms with Crippen LogP contribution in [0.15, 0.2) is 48.8 Å². The molecule has 2 atom stereocenters. The van der Waals surface area contributed by atoms with E-state index in [0.29, 0.717) is 6.42 Å². The number of carbonyl (C=O) groups excluding carboxylic acids is 1. The molecule has 3 rings (SSSR count). The molecule has 0 bridgehead atoms. The molecule has 1 aromatic carbocycles. The first-order valence-electron chi connectivity index (χ1n) is 6.31. The van der Waals surface area contributed by atoms with Crippen LogP contribution in [0, 0.1) is 5.92 Å². The molecule has 3 N–H and O–H groups in total. The third kappa shape index (κ3) is 2.35. The van der Waals surface area contributed by atoms with E-state index in [4.69, 9.17) is 5.73 Å². The van der Waals surface area contributed by atoms with E-state index in [1.165, 1.54) is 0 Å². The largest absolute Gasteiger partial charge is 0.325 e. The van der Waals surface area contributed by atoms with E-state index in [1.807, 2.05) is 36.4 Å². The Morgan fingerprint density at radius 1 is 1.32 bits per heavy atom. The zero-order valence-electron chi connectivity index (χ0n) is 10.4. The van der Waals surface area contributed by atoms with Crippen LogP contribution in [0.4, 0.5) is 5.69 Å². The Hall–Kier alpha value is -2.20. The maximum absolute atomic E-state index is 12.2. The van der Waals surface area contributed by atoms with Gasteiger partial charge in [-0.2, -0.15) is 0 Å². The Kier molecular flexibility index (Phi) is 3.01. The first kappa shape index (κ1) is 11.9. The molecule has 0 aliphatic heterocycles. The molecule has 2 unspecified atom stereocenters. The fourth-order valence-corrected chi connectivity index (χ4v) is 2.38. The SMILES string of the molecule is NC1C=CC(C(=O)Nc2cccc3cnccc23)C1. The van der Waals surface area contributed by atoms with Crippen LogP contribution in [0.3, 0.4) is 0 Å². The molecule has 1 aliphatic carbocycles. The number of amides is 1. The van der Waals surface area contributed by atoms with Crippen LogP contribution in [0.5, 0.6) is 0 Å². The van der Waals surface area contributed by atoms with Crippen LogP contribution in [-0.2, 0) is 4.79 Å². The summed E-state index contributed by atoms with van der Waals surface area (Å²) in [7, 11) is 0. The van der Waals surface area contributed by atoms with E-state index in [1.54, 1.807) is 12.4 Å². The molecule has 4 nitrogen and oxygen atoms in total. The number of nitrogens with zero attached hydrogens (tertiary/aromatic N) is 1. The number of fused-ring (bicyclic) bond motifs is 1. The fourth-order valence-electron chi connectivity index (χ4n) is 2.38. The highest BCUT2D eigenvalue weighted by Crippen LogP contribution is 2.24. The number of nitrogens with one attached hydrogen (secondary N) is 1. The number of benzene rings is 1. The lowest BCUT2D eigenvalue weighted by molar-refractivity contribution is -0.118. The van der Waals surface area contributed by atoms with Crippen molar-refractivity contribution in [3.8, 4) is 0 Å². The molecule has 0 radical (unpaired) electrons. The number of hydrogen-bond donors (Lipinski definition) is 2. The third-order valence-corrected chi connectivity index (χ3v) is 3.39. The van der Waals surface area contributed by atoms with Gasteiger partial charge in [-0.1, -0.05) is 24.3 Å². The Labute approximate surface area is 111 Å². The second kappa shape index (κ2) is 4.82. The smallest absolute Gasteiger partial charge is 0.231 e. The van der Waals surface area contributed by atoms with E-state index >= 15 is 0 Å². The predicted molar refractivity (Wildman–Crippen MR) is 75.6 cm³/mol. The fraction of sp³-hybridized carbons (Fsp3) is 0.200. The number of hydrogen-bond acceptors (Lipinski definition) is 3. The molecule has 2 aromatic rings. The summed E-state index contributed by atoms with van der Waals surface area (Å²) in [5.41, 5.74) is 6.59. The molecule has 0 fully saturated rings. The summed E-state index contributed by atoms with van der Waals surface area (Å²) >= 11 is 0. The highest BCUT2D eigenvalue weighted by Gasteiger charge is 2.22. The highest BCUT2D eigenvalue weighted by molar-refractivity contribution is 6.03. The van der Waals surface area contributed by atoms with Crippen molar-refractivity contribution in [2.45, 2.75) is 12.5 Å². The summed E-state index contributed by atoms with van der Waals surface area (Å²) in [6, 6.07) is 7.69. The first-order valence-corrected chi connectivity index (χ1v) is 6.31. The maximum Gasteiger partial charge on any atom is 0.231 e. The van der Waals surface area contributed by atoms with Crippen molar-refractivity contribution >= 4 is 22.4 Å². The molecular weight excluding hydrogens is 238 g/mol. The molecular formula is C15H15N3O. The lowest BCUT2D eigenvalue weighted by Crippen LogP contribution is -2.24. The molecule has 1 aliphatic rings. The molecule has 1 aromatic heterocycles. The van der Waals surface area contributed by atoms with E-state index < -0.39 is 0 Å². The first-order chi connectivity index (χ1) is 9.24. The van der Waals surface area contributed by atoms with Crippen molar-refractivity contribution in [3.05, 3.63) is 48.8 Å². The lowest BCUT2D eigenvalue weighted by Gasteiger charge is -2.12. The van der Waals surface area contributed by atoms with Gasteiger partial charge in [0.05, 0.1) is 5.92 Å². The van der Waals surface area contributed by atoms with Crippen molar-refractivity contribution in [1.29, 1.82) is 0 Å². The van der Waals surface area contributed by atoms with E-state index in [9.17, 15) is 4.79 Å². The monoisotopic (exact) mass is 253 g/mol. The van der Waals surface area contributed by atoms with E-state index in [2.05, 4.69) is 10.3 Å². The van der Waals surface area contributed by atoms with Gasteiger partial charge < -0.3 is 11.1 Å². The van der Waals surface area contributed by atoms with Gasteiger partial charge in [-0.25, -0.2) is 0 Å². The van der Waals surface area contributed by atoms with Gasteiger partial charge in [-0.3, -0.25) is 9.78 Å². The molecule has 0 saturated carbocycles. The molecule has 1 amide bonds. The van der Waals surface area contributed by atoms with Crippen LogP contribution < -0.4 is 11.1 Å². The Balaban J connectivity index is 1.86. The van der Waals surface area contributed by atoms with Gasteiger partial charge in [0.25, 0.3) is 0 Å². The molecule has 0 spiro atoms. The summed E-state index contributed by atoms with van der Waals surface area (Å²) in [5, 5.41) is 4.98. The van der Waals surface area contributed by atoms with E-state index in [-0.39, 0.29) is 17.9 Å². The Morgan fingerprint density at radius 3 is 3.00 bits per heavy atom. The highest BCUT2D eigenvalue weighted by atomic mass is 16.1. The summed E-state index contributed by atoms with van der Waals surface area (Å²) in [6.07, 6.45) is 7.96. The van der Waals surface area contributed by atoms with Crippen LogP contribution in [-0.4, -0.2) is 16.9 Å². The lowest BCUT2D eigenvalue weighted by atomic mass is 10.1. The second-order valence-electron chi connectivity index (χ2n) is 4.78. The van der Waals surface area contributed by atoms with Gasteiger partial charge in [0.15, 0.2) is 0 Å². The minimum atomic E-state index is -0.132. The van der Waals surface area contributed by atoms with Crippen LogP contribution >= 0.6 is 0 Å². The minimum Gasteiger partial charge on any atom is -0.325 e. The molecule has 0 saturated heterocycles. The zero-order valence-corrected chi connectivity index (χ0v) is 10.4. The average Bonchev–Trinajstić information content (AvgIpc) is 2.86. The average molecular weight is 253 g/mol. The summed E-state index contributed by atoms with van der Waals surface area (Å²) in [6.45, 7) is 0. The minimum absolute atomic E-state index is 0.00601. The van der Waals surface area contributed by atoms with Crippen molar-refractivity contribution < 1.29 is 4.79 Å². The van der Waals surface area contributed by atoms with Crippen molar-refractivity contribution in [2.75, 3.05) is 5.32 Å².